The quantitative estimate of drug-likeness (QED) is 0.567. The highest BCUT2D eigenvalue weighted by atomic mass is 32.1. The Morgan fingerprint density at radius 1 is 1.19 bits per heavy atom. The molecule has 1 heterocycles. The number of benzene rings is 2. The summed E-state index contributed by atoms with van der Waals surface area (Å²) in [6, 6.07) is 14.9. The van der Waals surface area contributed by atoms with Crippen LogP contribution in [-0.2, 0) is 16.9 Å². The summed E-state index contributed by atoms with van der Waals surface area (Å²) in [7, 11) is 0. The van der Waals surface area contributed by atoms with Crippen LogP contribution in [0.5, 0.6) is 0 Å². The van der Waals surface area contributed by atoms with Gasteiger partial charge in [-0.05, 0) is 36.2 Å². The SMILES string of the molecule is CCCN(Cc1ccc(C#N)cc1)C(=O)CC(O)(c1nc2ccccc2s1)C(F)(F)F. The number of hydrogen-bond donors (Lipinski definition) is 1. The van der Waals surface area contributed by atoms with Crippen LogP contribution in [0.2, 0.25) is 0 Å². The maximum Gasteiger partial charge on any atom is 0.424 e. The molecule has 0 aliphatic carbocycles. The molecule has 0 bridgehead atoms. The third-order valence-electron chi connectivity index (χ3n) is 4.83. The molecule has 1 unspecified atom stereocenters. The number of nitriles is 1. The first-order chi connectivity index (χ1) is 14.7. The number of thiazole rings is 1. The minimum Gasteiger partial charge on any atom is -0.374 e. The highest BCUT2D eigenvalue weighted by molar-refractivity contribution is 7.18. The molecule has 1 atom stereocenters. The maximum absolute atomic E-state index is 14.0. The van der Waals surface area contributed by atoms with Gasteiger partial charge in [0.15, 0.2) is 0 Å². The molecule has 0 radical (unpaired) electrons. The molecule has 0 aliphatic heterocycles. The fourth-order valence-corrected chi connectivity index (χ4v) is 4.22. The molecule has 1 N–H and O–H groups in total. The lowest BCUT2D eigenvalue weighted by molar-refractivity contribution is -0.268. The zero-order valence-corrected chi connectivity index (χ0v) is 17.5. The number of fused-ring (bicyclic) bond motifs is 1. The fourth-order valence-electron chi connectivity index (χ4n) is 3.14. The third-order valence-corrected chi connectivity index (χ3v) is 6.01. The second-order valence-corrected chi connectivity index (χ2v) is 8.18. The molecule has 0 fully saturated rings. The van der Waals surface area contributed by atoms with E-state index in [0.29, 0.717) is 27.8 Å². The number of para-hydroxylation sites is 1. The van der Waals surface area contributed by atoms with Crippen LogP contribution in [0.4, 0.5) is 13.2 Å². The van der Waals surface area contributed by atoms with Crippen LogP contribution in [0.15, 0.2) is 48.5 Å². The Bertz CT molecular complexity index is 1070. The molecule has 0 saturated carbocycles. The average Bonchev–Trinajstić information content (AvgIpc) is 3.18. The zero-order valence-electron chi connectivity index (χ0n) is 16.7. The topological polar surface area (TPSA) is 77.2 Å². The summed E-state index contributed by atoms with van der Waals surface area (Å²) < 4.78 is 42.4. The van der Waals surface area contributed by atoms with Crippen LogP contribution in [0, 0.1) is 11.3 Å². The average molecular weight is 447 g/mol. The maximum atomic E-state index is 14.0. The van der Waals surface area contributed by atoms with E-state index < -0.39 is 29.1 Å². The van der Waals surface area contributed by atoms with E-state index in [4.69, 9.17) is 5.26 Å². The standard InChI is InChI=1S/C22H20F3N3O2S/c1-2-11-28(14-16-9-7-15(13-26)8-10-16)19(29)12-21(30,22(23,24)25)20-27-17-5-3-4-6-18(17)31-20/h3-10,30H,2,11-12,14H2,1H3. The number of amides is 1. The molecule has 31 heavy (non-hydrogen) atoms. The highest BCUT2D eigenvalue weighted by Gasteiger charge is 2.58. The number of carbonyl (C=O) groups excluding carboxylic acids is 1. The van der Waals surface area contributed by atoms with E-state index >= 15 is 0 Å². The van der Waals surface area contributed by atoms with Gasteiger partial charge in [0.1, 0.15) is 5.01 Å². The van der Waals surface area contributed by atoms with E-state index in [1.807, 2.05) is 13.0 Å². The van der Waals surface area contributed by atoms with Gasteiger partial charge in [0.2, 0.25) is 11.5 Å². The van der Waals surface area contributed by atoms with Crippen LogP contribution in [0.3, 0.4) is 0 Å². The number of carbonyl (C=O) groups is 1. The minimum absolute atomic E-state index is 0.0756. The molecule has 0 saturated heterocycles. The van der Waals surface area contributed by atoms with E-state index in [-0.39, 0.29) is 13.1 Å². The normalized spacial score (nSPS) is 13.5. The van der Waals surface area contributed by atoms with Gasteiger partial charge < -0.3 is 10.0 Å². The Labute approximate surface area is 181 Å². The summed E-state index contributed by atoms with van der Waals surface area (Å²) in [6.45, 7) is 2.11. The zero-order chi connectivity index (χ0) is 22.6. The molecule has 3 rings (SSSR count). The van der Waals surface area contributed by atoms with Gasteiger partial charge in [0, 0.05) is 13.1 Å². The van der Waals surface area contributed by atoms with Crippen LogP contribution < -0.4 is 0 Å². The van der Waals surface area contributed by atoms with Crippen molar-refractivity contribution < 1.29 is 23.1 Å². The monoisotopic (exact) mass is 447 g/mol. The second kappa shape index (κ2) is 9.04. The number of nitrogens with zero attached hydrogens (tertiary/aromatic N) is 3. The van der Waals surface area contributed by atoms with Gasteiger partial charge in [-0.25, -0.2) is 4.98 Å². The van der Waals surface area contributed by atoms with Crippen molar-refractivity contribution in [1.29, 1.82) is 5.26 Å². The Kier molecular flexibility index (Phi) is 6.62. The van der Waals surface area contributed by atoms with Crippen LogP contribution >= 0.6 is 11.3 Å². The number of hydrogen-bond acceptors (Lipinski definition) is 5. The van der Waals surface area contributed by atoms with E-state index in [1.54, 1.807) is 48.5 Å². The fraction of sp³-hybridized carbons (Fsp3) is 0.318. The summed E-state index contributed by atoms with van der Waals surface area (Å²) in [6.07, 6.45) is -5.71. The Morgan fingerprint density at radius 3 is 2.45 bits per heavy atom. The number of aliphatic hydroxyl groups is 1. The van der Waals surface area contributed by atoms with Gasteiger partial charge >= 0.3 is 6.18 Å². The summed E-state index contributed by atoms with van der Waals surface area (Å²) in [5.41, 5.74) is -1.93. The van der Waals surface area contributed by atoms with Gasteiger partial charge in [-0.2, -0.15) is 18.4 Å². The first kappa shape index (κ1) is 22.7. The summed E-state index contributed by atoms with van der Waals surface area (Å²) in [4.78, 5) is 18.1. The highest BCUT2D eigenvalue weighted by Crippen LogP contribution is 2.44. The predicted octanol–water partition coefficient (Wildman–Crippen LogP) is 4.75. The van der Waals surface area contributed by atoms with Gasteiger partial charge in [0.05, 0.1) is 28.3 Å². The van der Waals surface area contributed by atoms with Crippen LogP contribution in [-0.4, -0.2) is 33.6 Å². The number of alkyl halides is 3. The molecule has 5 nitrogen and oxygen atoms in total. The Balaban J connectivity index is 1.89. The lowest BCUT2D eigenvalue weighted by Crippen LogP contribution is -2.47. The van der Waals surface area contributed by atoms with Crippen molar-refractivity contribution in [1.82, 2.24) is 9.88 Å². The molecule has 0 spiro atoms. The molecule has 1 amide bonds. The van der Waals surface area contributed by atoms with Gasteiger partial charge in [0.25, 0.3) is 0 Å². The number of rotatable bonds is 7. The summed E-state index contributed by atoms with van der Waals surface area (Å²) in [5.74, 6) is -0.828. The van der Waals surface area contributed by atoms with E-state index in [2.05, 4.69) is 4.98 Å². The molecule has 1 aromatic heterocycles. The van der Waals surface area contributed by atoms with E-state index in [1.165, 1.54) is 4.90 Å². The van der Waals surface area contributed by atoms with Crippen molar-refractivity contribution in [2.45, 2.75) is 38.1 Å². The van der Waals surface area contributed by atoms with Crippen molar-refractivity contribution >= 4 is 27.5 Å². The Hall–Kier alpha value is -2.96. The van der Waals surface area contributed by atoms with Crippen molar-refractivity contribution in [3.8, 4) is 6.07 Å². The number of aromatic nitrogens is 1. The summed E-state index contributed by atoms with van der Waals surface area (Å²) in [5, 5.41) is 19.0. The lowest BCUT2D eigenvalue weighted by Gasteiger charge is -2.31. The van der Waals surface area contributed by atoms with Gasteiger partial charge in [-0.15, -0.1) is 11.3 Å². The predicted molar refractivity (Wildman–Crippen MR) is 111 cm³/mol. The van der Waals surface area contributed by atoms with Crippen molar-refractivity contribution in [2.24, 2.45) is 0 Å². The number of halogens is 3. The van der Waals surface area contributed by atoms with Gasteiger partial charge in [-0.1, -0.05) is 31.2 Å². The molecular formula is C22H20F3N3O2S. The molecule has 162 valence electrons. The van der Waals surface area contributed by atoms with Crippen LogP contribution in [0.1, 0.15) is 35.9 Å². The molecule has 3 aromatic rings. The van der Waals surface area contributed by atoms with Crippen molar-refractivity contribution in [3.05, 3.63) is 64.7 Å². The second-order valence-electron chi connectivity index (χ2n) is 7.15. The van der Waals surface area contributed by atoms with Crippen molar-refractivity contribution in [3.63, 3.8) is 0 Å². The largest absolute Gasteiger partial charge is 0.424 e. The van der Waals surface area contributed by atoms with E-state index in [0.717, 1.165) is 11.3 Å². The molecule has 0 aliphatic rings. The lowest BCUT2D eigenvalue weighted by atomic mass is 9.98. The third kappa shape index (κ3) is 4.86. The smallest absolute Gasteiger partial charge is 0.374 e. The Morgan fingerprint density at radius 2 is 1.87 bits per heavy atom. The van der Waals surface area contributed by atoms with Gasteiger partial charge in [-0.3, -0.25) is 4.79 Å². The summed E-state index contributed by atoms with van der Waals surface area (Å²) >= 11 is 0.724. The molecular weight excluding hydrogens is 427 g/mol. The first-order valence-corrected chi connectivity index (χ1v) is 10.4. The van der Waals surface area contributed by atoms with Crippen molar-refractivity contribution in [2.75, 3.05) is 6.54 Å². The molecule has 2 aromatic carbocycles. The van der Waals surface area contributed by atoms with Crippen LogP contribution in [0.25, 0.3) is 10.2 Å². The molecule has 9 heteroatoms. The minimum atomic E-state index is -5.08. The van der Waals surface area contributed by atoms with E-state index in [9.17, 15) is 23.1 Å². The first-order valence-electron chi connectivity index (χ1n) is 9.60.